The van der Waals surface area contributed by atoms with Crippen LogP contribution in [0.4, 0.5) is 0 Å². The minimum atomic E-state index is -1.87. The smallest absolute Gasteiger partial charge is 0.335 e. The molecule has 0 saturated carbocycles. The van der Waals surface area contributed by atoms with Crippen molar-refractivity contribution in [3.05, 3.63) is 29.0 Å². The van der Waals surface area contributed by atoms with E-state index in [1.54, 1.807) is 0 Å². The maximum absolute atomic E-state index is 10.3. The number of rotatable bonds is 3. The molecule has 0 aliphatic carbocycles. The molecule has 0 bridgehead atoms. The van der Waals surface area contributed by atoms with Crippen molar-refractivity contribution < 1.29 is 20.1 Å². The predicted molar refractivity (Wildman–Crippen MR) is 47.8 cm³/mol. The summed E-state index contributed by atoms with van der Waals surface area (Å²) in [5.41, 5.74) is 0.208. The van der Waals surface area contributed by atoms with E-state index in [1.165, 1.54) is 18.3 Å². The molecule has 2 atom stereocenters. The van der Waals surface area contributed by atoms with Crippen molar-refractivity contribution in [2.45, 2.75) is 12.2 Å². The van der Waals surface area contributed by atoms with Crippen molar-refractivity contribution in [3.63, 3.8) is 0 Å². The lowest BCUT2D eigenvalue weighted by Crippen LogP contribution is -2.27. The van der Waals surface area contributed by atoms with Gasteiger partial charge in [0.15, 0.2) is 6.10 Å². The topological polar surface area (TPSA) is 90.7 Å². The van der Waals surface area contributed by atoms with E-state index in [0.29, 0.717) is 0 Å². The van der Waals surface area contributed by atoms with Gasteiger partial charge in [-0.05, 0) is 17.7 Å². The normalized spacial score (nSPS) is 14.8. The van der Waals surface area contributed by atoms with Crippen molar-refractivity contribution in [1.29, 1.82) is 0 Å². The molecule has 2 unspecified atom stereocenters. The Morgan fingerprint density at radius 1 is 1.50 bits per heavy atom. The number of aliphatic carboxylic acids is 1. The number of carboxylic acid groups (broad SMARTS) is 1. The zero-order valence-electron chi connectivity index (χ0n) is 6.96. The SMILES string of the molecule is O=C(O)C(O)C(O)c1ccnc(Cl)c1. The second-order valence-electron chi connectivity index (χ2n) is 2.64. The molecule has 5 nitrogen and oxygen atoms in total. The molecule has 14 heavy (non-hydrogen) atoms. The van der Waals surface area contributed by atoms with E-state index in [-0.39, 0.29) is 10.7 Å². The Labute approximate surface area is 84.6 Å². The first-order chi connectivity index (χ1) is 6.52. The summed E-state index contributed by atoms with van der Waals surface area (Å²) in [4.78, 5) is 14.0. The fraction of sp³-hybridized carbons (Fsp3) is 0.250. The lowest BCUT2D eigenvalue weighted by molar-refractivity contribution is -0.153. The molecule has 0 radical (unpaired) electrons. The Kier molecular flexibility index (Phi) is 3.40. The Bertz CT molecular complexity index is 344. The molecule has 1 aromatic heterocycles. The zero-order valence-corrected chi connectivity index (χ0v) is 7.72. The zero-order chi connectivity index (χ0) is 10.7. The maximum Gasteiger partial charge on any atom is 0.335 e. The molecule has 0 aliphatic heterocycles. The summed E-state index contributed by atoms with van der Waals surface area (Å²) in [5, 5.41) is 26.9. The minimum absolute atomic E-state index is 0.124. The van der Waals surface area contributed by atoms with Crippen molar-refractivity contribution in [2.24, 2.45) is 0 Å². The van der Waals surface area contributed by atoms with Crippen LogP contribution in [0.5, 0.6) is 0 Å². The fourth-order valence-electron chi connectivity index (χ4n) is 0.919. The lowest BCUT2D eigenvalue weighted by Gasteiger charge is -2.13. The summed E-state index contributed by atoms with van der Waals surface area (Å²) in [7, 11) is 0. The van der Waals surface area contributed by atoms with Crippen LogP contribution >= 0.6 is 11.6 Å². The summed E-state index contributed by atoms with van der Waals surface area (Å²) in [6.07, 6.45) is -2.06. The number of aliphatic hydroxyl groups is 2. The van der Waals surface area contributed by atoms with Crippen LogP contribution in [0.25, 0.3) is 0 Å². The van der Waals surface area contributed by atoms with Crippen LogP contribution in [0.1, 0.15) is 11.7 Å². The van der Waals surface area contributed by atoms with Gasteiger partial charge in [0, 0.05) is 6.20 Å². The Hall–Kier alpha value is -1.17. The number of nitrogens with zero attached hydrogens (tertiary/aromatic N) is 1. The van der Waals surface area contributed by atoms with Gasteiger partial charge in [0.25, 0.3) is 0 Å². The number of aromatic nitrogens is 1. The second kappa shape index (κ2) is 4.36. The molecule has 1 rings (SSSR count). The molecule has 0 fully saturated rings. The van der Waals surface area contributed by atoms with Gasteiger partial charge < -0.3 is 15.3 Å². The quantitative estimate of drug-likeness (QED) is 0.630. The molecule has 0 aromatic carbocycles. The number of carboxylic acids is 1. The molecular weight excluding hydrogens is 210 g/mol. The number of pyridine rings is 1. The monoisotopic (exact) mass is 217 g/mol. The van der Waals surface area contributed by atoms with Gasteiger partial charge in [-0.1, -0.05) is 11.6 Å². The fourth-order valence-corrected chi connectivity index (χ4v) is 1.10. The molecule has 0 aliphatic rings. The van der Waals surface area contributed by atoms with Crippen molar-refractivity contribution >= 4 is 17.6 Å². The van der Waals surface area contributed by atoms with Crippen molar-refractivity contribution in [1.82, 2.24) is 4.98 Å². The molecule has 0 amide bonds. The van der Waals surface area contributed by atoms with Crippen molar-refractivity contribution in [3.8, 4) is 0 Å². The highest BCUT2D eigenvalue weighted by Crippen LogP contribution is 2.18. The minimum Gasteiger partial charge on any atom is -0.479 e. The van der Waals surface area contributed by atoms with Gasteiger partial charge in [0.1, 0.15) is 11.3 Å². The van der Waals surface area contributed by atoms with E-state index >= 15 is 0 Å². The van der Waals surface area contributed by atoms with Gasteiger partial charge in [0.2, 0.25) is 0 Å². The molecule has 76 valence electrons. The van der Waals surface area contributed by atoms with Crippen LogP contribution in [0.2, 0.25) is 5.15 Å². The molecule has 3 N–H and O–H groups in total. The van der Waals surface area contributed by atoms with Crippen LogP contribution in [-0.2, 0) is 4.79 Å². The molecule has 0 saturated heterocycles. The highest BCUT2D eigenvalue weighted by atomic mass is 35.5. The Balaban J connectivity index is 2.89. The molecular formula is C8H8ClNO4. The summed E-state index contributed by atoms with van der Waals surface area (Å²) in [5.74, 6) is -1.49. The third-order valence-corrected chi connectivity index (χ3v) is 1.85. The van der Waals surface area contributed by atoms with Crippen LogP contribution < -0.4 is 0 Å². The maximum atomic E-state index is 10.3. The van der Waals surface area contributed by atoms with Crippen LogP contribution in [0.3, 0.4) is 0 Å². The number of carbonyl (C=O) groups is 1. The number of aliphatic hydroxyl groups excluding tert-OH is 2. The first-order valence-corrected chi connectivity index (χ1v) is 4.10. The van der Waals surface area contributed by atoms with Crippen LogP contribution in [0, 0.1) is 0 Å². The average Bonchev–Trinajstić information content (AvgIpc) is 2.15. The van der Waals surface area contributed by atoms with E-state index in [0.717, 1.165) is 0 Å². The first kappa shape index (κ1) is 10.9. The van der Waals surface area contributed by atoms with Crippen LogP contribution in [0.15, 0.2) is 18.3 Å². The highest BCUT2D eigenvalue weighted by molar-refractivity contribution is 6.29. The van der Waals surface area contributed by atoms with Gasteiger partial charge >= 0.3 is 5.97 Å². The van der Waals surface area contributed by atoms with E-state index in [1.807, 2.05) is 0 Å². The van der Waals surface area contributed by atoms with Gasteiger partial charge in [0.05, 0.1) is 0 Å². The standard InChI is InChI=1S/C8H8ClNO4/c9-5-3-4(1-2-10-5)6(11)7(12)8(13)14/h1-3,6-7,11-12H,(H,13,14). The molecule has 6 heteroatoms. The Morgan fingerprint density at radius 2 is 2.14 bits per heavy atom. The molecule has 0 spiro atoms. The van der Waals surface area contributed by atoms with Crippen LogP contribution in [-0.4, -0.2) is 32.4 Å². The van der Waals surface area contributed by atoms with E-state index in [4.69, 9.17) is 21.8 Å². The third-order valence-electron chi connectivity index (χ3n) is 1.64. The van der Waals surface area contributed by atoms with Gasteiger partial charge in [-0.25, -0.2) is 9.78 Å². The molecule has 1 aromatic rings. The van der Waals surface area contributed by atoms with Gasteiger partial charge in [-0.2, -0.15) is 0 Å². The average molecular weight is 218 g/mol. The predicted octanol–water partition coefficient (Wildman–Crippen LogP) is 0.214. The largest absolute Gasteiger partial charge is 0.479 e. The summed E-state index contributed by atoms with van der Waals surface area (Å²) >= 11 is 5.52. The Morgan fingerprint density at radius 3 is 2.64 bits per heavy atom. The number of hydrogen-bond donors (Lipinski definition) is 3. The van der Waals surface area contributed by atoms with Crippen molar-refractivity contribution in [2.75, 3.05) is 0 Å². The van der Waals surface area contributed by atoms with E-state index in [9.17, 15) is 9.90 Å². The first-order valence-electron chi connectivity index (χ1n) is 3.72. The second-order valence-corrected chi connectivity index (χ2v) is 3.03. The van der Waals surface area contributed by atoms with Gasteiger partial charge in [-0.15, -0.1) is 0 Å². The highest BCUT2D eigenvalue weighted by Gasteiger charge is 2.25. The van der Waals surface area contributed by atoms with E-state index in [2.05, 4.69) is 4.98 Å². The summed E-state index contributed by atoms with van der Waals surface area (Å²) < 4.78 is 0. The molecule has 1 heterocycles. The summed E-state index contributed by atoms with van der Waals surface area (Å²) in [6, 6.07) is 2.67. The third kappa shape index (κ3) is 2.41. The summed E-state index contributed by atoms with van der Waals surface area (Å²) in [6.45, 7) is 0. The number of halogens is 1. The van der Waals surface area contributed by atoms with Gasteiger partial charge in [-0.3, -0.25) is 0 Å². The lowest BCUT2D eigenvalue weighted by atomic mass is 10.1. The van der Waals surface area contributed by atoms with E-state index < -0.39 is 18.2 Å². The number of hydrogen-bond acceptors (Lipinski definition) is 4.